The third-order valence-electron chi connectivity index (χ3n) is 4.55. The number of hydrogen-bond acceptors (Lipinski definition) is 5. The van der Waals surface area contributed by atoms with Crippen LogP contribution in [-0.2, 0) is 9.53 Å². The normalized spacial score (nSPS) is 25.9. The third kappa shape index (κ3) is 9.48. The van der Waals surface area contributed by atoms with Crippen LogP contribution in [0.1, 0.15) is 64.7 Å². The lowest BCUT2D eigenvalue weighted by Crippen LogP contribution is -2.25. The van der Waals surface area contributed by atoms with Crippen molar-refractivity contribution in [1.29, 1.82) is 0 Å². The van der Waals surface area contributed by atoms with Crippen LogP contribution in [0.25, 0.3) is 0 Å². The molecule has 0 radical (unpaired) electrons. The molecule has 26 heavy (non-hydrogen) atoms. The Balaban J connectivity index is 2.30. The Morgan fingerprint density at radius 3 is 2.69 bits per heavy atom. The fourth-order valence-electron chi connectivity index (χ4n) is 2.96. The fourth-order valence-corrected chi connectivity index (χ4v) is 2.96. The summed E-state index contributed by atoms with van der Waals surface area (Å²) in [7, 11) is 0. The first-order valence-electron chi connectivity index (χ1n) is 9.68. The minimum atomic E-state index is -0.804. The van der Waals surface area contributed by atoms with Crippen molar-refractivity contribution in [1.82, 2.24) is 0 Å². The predicted octanol–water partition coefficient (Wildman–Crippen LogP) is 2.56. The topological polar surface area (TPSA) is 107 Å². The number of carbonyl (C=O) groups is 1. The van der Waals surface area contributed by atoms with Crippen molar-refractivity contribution in [3.8, 4) is 0 Å². The number of unbranched alkanes of at least 4 members (excludes halogenated alkanes) is 3. The zero-order valence-electron chi connectivity index (χ0n) is 15.7. The highest BCUT2D eigenvalue weighted by Crippen LogP contribution is 2.25. The van der Waals surface area contributed by atoms with Gasteiger partial charge < -0.3 is 25.2 Å². The van der Waals surface area contributed by atoms with E-state index in [2.05, 4.69) is 6.92 Å². The number of aliphatic carboxylic acids is 1. The maximum Gasteiger partial charge on any atom is 0.303 e. The highest BCUT2D eigenvalue weighted by molar-refractivity contribution is 5.66. The number of hydrogen-bond donors (Lipinski definition) is 4. The van der Waals surface area contributed by atoms with Gasteiger partial charge >= 0.3 is 5.97 Å². The monoisotopic (exact) mass is 370 g/mol. The highest BCUT2D eigenvalue weighted by atomic mass is 16.5. The van der Waals surface area contributed by atoms with Crippen molar-refractivity contribution in [2.45, 2.75) is 95.2 Å². The molecule has 1 aliphatic rings. The predicted molar refractivity (Wildman–Crippen MR) is 99.8 cm³/mol. The molecule has 0 aromatic carbocycles. The van der Waals surface area contributed by atoms with Crippen LogP contribution in [0.2, 0.25) is 0 Å². The Morgan fingerprint density at radius 1 is 1.23 bits per heavy atom. The number of aliphatic hydroxyl groups is 3. The zero-order valence-corrected chi connectivity index (χ0v) is 15.7. The summed E-state index contributed by atoms with van der Waals surface area (Å²) >= 11 is 0. The van der Waals surface area contributed by atoms with Crippen LogP contribution in [0.5, 0.6) is 0 Å². The third-order valence-corrected chi connectivity index (χ3v) is 4.55. The molecule has 0 unspecified atom stereocenters. The highest BCUT2D eigenvalue weighted by Gasteiger charge is 2.35. The van der Waals surface area contributed by atoms with E-state index in [1.54, 1.807) is 12.2 Å². The van der Waals surface area contributed by atoms with E-state index in [-0.39, 0.29) is 6.42 Å². The van der Waals surface area contributed by atoms with Crippen LogP contribution < -0.4 is 0 Å². The van der Waals surface area contributed by atoms with Gasteiger partial charge in [0, 0.05) is 12.8 Å². The van der Waals surface area contributed by atoms with Gasteiger partial charge in [-0.1, -0.05) is 50.5 Å². The van der Waals surface area contributed by atoms with Gasteiger partial charge in [-0.25, -0.2) is 0 Å². The molecule has 6 heteroatoms. The second kappa shape index (κ2) is 13.0. The van der Waals surface area contributed by atoms with E-state index in [1.165, 1.54) is 0 Å². The molecule has 0 aromatic rings. The van der Waals surface area contributed by atoms with E-state index in [9.17, 15) is 20.1 Å². The minimum absolute atomic E-state index is 0.142. The van der Waals surface area contributed by atoms with Crippen molar-refractivity contribution in [3.63, 3.8) is 0 Å². The first kappa shape index (κ1) is 22.8. The molecular formula is C20H34O6. The number of allylic oxidation sites excluding steroid dienone is 1. The lowest BCUT2D eigenvalue weighted by molar-refractivity contribution is -0.137. The summed E-state index contributed by atoms with van der Waals surface area (Å²) in [5.41, 5.74) is 0. The molecule has 6 nitrogen and oxygen atoms in total. The van der Waals surface area contributed by atoms with Gasteiger partial charge in [0.2, 0.25) is 0 Å². The minimum Gasteiger partial charge on any atom is -0.481 e. The summed E-state index contributed by atoms with van der Waals surface area (Å²) in [4.78, 5) is 10.4. The summed E-state index contributed by atoms with van der Waals surface area (Å²) in [5, 5.41) is 38.7. The molecule has 0 amide bonds. The maximum absolute atomic E-state index is 10.4. The largest absolute Gasteiger partial charge is 0.481 e. The van der Waals surface area contributed by atoms with Crippen LogP contribution in [-0.4, -0.2) is 56.9 Å². The smallest absolute Gasteiger partial charge is 0.303 e. The molecule has 0 aromatic heterocycles. The fraction of sp³-hybridized carbons (Fsp3) is 0.750. The van der Waals surface area contributed by atoms with Gasteiger partial charge in [0.1, 0.15) is 6.10 Å². The van der Waals surface area contributed by atoms with Gasteiger partial charge in [-0.3, -0.25) is 4.79 Å². The zero-order chi connectivity index (χ0) is 19.4. The van der Waals surface area contributed by atoms with Gasteiger partial charge in [-0.15, -0.1) is 0 Å². The SMILES string of the molecule is CCCCC[C@@H](O)/C=C/[C@H]1O[C@H]([C@H](O)C/C=C\CCCC(=O)O)C[C@@H]1O. The first-order chi connectivity index (χ1) is 12.4. The standard InChI is InChI=1S/C20H34O6/c1-2-3-6-9-15(21)12-13-18-17(23)14-19(26-18)16(22)10-7-4-5-8-11-20(24)25/h4,7,12-13,15-19,21-23H,2-3,5-6,8-11,14H2,1H3,(H,24,25)/b7-4-,13-12+/t15-,16-,17+,18-,19+/m1/s1. The molecule has 1 rings (SSSR count). The molecule has 1 fully saturated rings. The van der Waals surface area contributed by atoms with Gasteiger partial charge in [-0.2, -0.15) is 0 Å². The van der Waals surface area contributed by atoms with E-state index in [4.69, 9.17) is 9.84 Å². The van der Waals surface area contributed by atoms with Gasteiger partial charge in [0.05, 0.1) is 24.4 Å². The number of aliphatic hydroxyl groups excluding tert-OH is 3. The summed E-state index contributed by atoms with van der Waals surface area (Å²) < 4.78 is 5.71. The molecule has 0 spiro atoms. The van der Waals surface area contributed by atoms with Gasteiger partial charge in [0.25, 0.3) is 0 Å². The number of ether oxygens (including phenoxy) is 1. The summed E-state index contributed by atoms with van der Waals surface area (Å²) in [5.74, 6) is -0.804. The first-order valence-corrected chi connectivity index (χ1v) is 9.68. The Kier molecular flexibility index (Phi) is 11.4. The van der Waals surface area contributed by atoms with Crippen molar-refractivity contribution in [2.75, 3.05) is 0 Å². The van der Waals surface area contributed by atoms with Crippen LogP contribution >= 0.6 is 0 Å². The number of rotatable bonds is 13. The Morgan fingerprint density at radius 2 is 2.00 bits per heavy atom. The molecule has 150 valence electrons. The van der Waals surface area contributed by atoms with E-state index >= 15 is 0 Å². The maximum atomic E-state index is 10.4. The average Bonchev–Trinajstić information content (AvgIpc) is 2.97. The summed E-state index contributed by atoms with van der Waals surface area (Å²) in [6, 6.07) is 0. The Bertz CT molecular complexity index is 448. The average molecular weight is 370 g/mol. The Hall–Kier alpha value is -1.21. The van der Waals surface area contributed by atoms with E-state index in [1.807, 2.05) is 12.2 Å². The van der Waals surface area contributed by atoms with E-state index in [0.717, 1.165) is 19.3 Å². The van der Waals surface area contributed by atoms with Crippen LogP contribution in [0.15, 0.2) is 24.3 Å². The summed E-state index contributed by atoms with van der Waals surface area (Å²) in [6.45, 7) is 2.11. The molecule has 5 atom stereocenters. The second-order valence-electron chi connectivity index (χ2n) is 6.95. The van der Waals surface area contributed by atoms with Crippen molar-refractivity contribution >= 4 is 5.97 Å². The van der Waals surface area contributed by atoms with Crippen molar-refractivity contribution < 1.29 is 30.0 Å². The molecular weight excluding hydrogens is 336 g/mol. The second-order valence-corrected chi connectivity index (χ2v) is 6.95. The van der Waals surface area contributed by atoms with Gasteiger partial charge in [-0.05, 0) is 25.7 Å². The number of carboxylic acid groups (broad SMARTS) is 1. The van der Waals surface area contributed by atoms with Crippen LogP contribution in [0, 0.1) is 0 Å². The lowest BCUT2D eigenvalue weighted by Gasteiger charge is -2.16. The number of carboxylic acids is 1. The van der Waals surface area contributed by atoms with Crippen molar-refractivity contribution in [2.24, 2.45) is 0 Å². The molecule has 0 aliphatic carbocycles. The lowest BCUT2D eigenvalue weighted by atomic mass is 10.0. The van der Waals surface area contributed by atoms with Gasteiger partial charge in [0.15, 0.2) is 0 Å². The van der Waals surface area contributed by atoms with Crippen molar-refractivity contribution in [3.05, 3.63) is 24.3 Å². The molecule has 1 aliphatic heterocycles. The van der Waals surface area contributed by atoms with E-state index in [0.29, 0.717) is 32.1 Å². The molecule has 0 saturated carbocycles. The Labute approximate surface area is 156 Å². The van der Waals surface area contributed by atoms with E-state index < -0.39 is 36.5 Å². The summed E-state index contributed by atoms with van der Waals surface area (Å²) in [6.07, 6.45) is 10.2. The molecule has 4 N–H and O–H groups in total. The van der Waals surface area contributed by atoms with Crippen LogP contribution in [0.4, 0.5) is 0 Å². The van der Waals surface area contributed by atoms with Crippen LogP contribution in [0.3, 0.4) is 0 Å². The quantitative estimate of drug-likeness (QED) is 0.293. The molecule has 1 heterocycles. The molecule has 0 bridgehead atoms. The molecule has 1 saturated heterocycles.